The van der Waals surface area contributed by atoms with Gasteiger partial charge in [-0.1, -0.05) is 18.2 Å². The van der Waals surface area contributed by atoms with Crippen molar-refractivity contribution in [1.29, 1.82) is 0 Å². The number of halogens is 3. The molecule has 2 fully saturated rings. The first-order chi connectivity index (χ1) is 17.3. The molecule has 0 bridgehead atoms. The summed E-state index contributed by atoms with van der Waals surface area (Å²) in [6.45, 7) is 5.14. The fourth-order valence-corrected chi connectivity index (χ4v) is 5.52. The highest BCUT2D eigenvalue weighted by molar-refractivity contribution is 7.90. The molecule has 2 aliphatic rings. The average Bonchev–Trinajstić information content (AvgIpc) is 3.58. The lowest BCUT2D eigenvalue weighted by atomic mass is 9.96. The van der Waals surface area contributed by atoms with Gasteiger partial charge in [-0.3, -0.25) is 14.3 Å². The molecule has 13 heteroatoms. The van der Waals surface area contributed by atoms with Gasteiger partial charge in [-0.15, -0.1) is 6.58 Å². The normalized spacial score (nSPS) is 21.7. The molecule has 1 aromatic heterocycles. The van der Waals surface area contributed by atoms with Crippen LogP contribution in [0.25, 0.3) is 10.9 Å². The van der Waals surface area contributed by atoms with Gasteiger partial charge >= 0.3 is 6.18 Å². The van der Waals surface area contributed by atoms with Crippen molar-refractivity contribution in [2.75, 3.05) is 6.54 Å². The van der Waals surface area contributed by atoms with Crippen LogP contribution in [0.15, 0.2) is 43.0 Å². The number of ether oxygens (including phenoxy) is 1. The summed E-state index contributed by atoms with van der Waals surface area (Å²) < 4.78 is 72.4. The monoisotopic (exact) mass is 540 g/mol. The van der Waals surface area contributed by atoms with Crippen molar-refractivity contribution in [3.63, 3.8) is 0 Å². The second-order valence-electron chi connectivity index (χ2n) is 9.45. The molecule has 1 aliphatic carbocycles. The minimum atomic E-state index is -4.67. The Morgan fingerprint density at radius 2 is 1.97 bits per heavy atom. The fraction of sp³-hybridized carbons (Fsp3) is 0.458. The molecule has 2 amide bonds. The third-order valence-electron chi connectivity index (χ3n) is 6.32. The number of benzene rings is 1. The Bertz CT molecular complexity index is 1330. The van der Waals surface area contributed by atoms with E-state index in [1.807, 2.05) is 4.72 Å². The molecule has 1 saturated carbocycles. The quantitative estimate of drug-likeness (QED) is 0.417. The molecule has 3 N–H and O–H groups in total. The minimum Gasteiger partial charge on any atom is -0.488 e. The van der Waals surface area contributed by atoms with E-state index in [0.717, 1.165) is 6.07 Å². The third-order valence-corrected chi connectivity index (χ3v) is 8.14. The van der Waals surface area contributed by atoms with Crippen LogP contribution < -0.4 is 20.1 Å². The number of alkyl halides is 3. The highest BCUT2D eigenvalue weighted by Gasteiger charge is 2.43. The standard InChI is InChI=1S/C24H27F3N4O5S/c1-3-10-23(2,22(33)31-37(34,35)15-8-9-15)30-21(32)18-11-14(13-28-18)36-19-12-20(24(25,26)27)29-17-7-5-4-6-16(17)19/h3-7,12,14-15,18,28H,1,8-11,13H2,2H3,(H,30,32)(H,31,33)/t14-,18+,23-/m1/s1. The van der Waals surface area contributed by atoms with Gasteiger partial charge in [0.05, 0.1) is 16.8 Å². The maximum absolute atomic E-state index is 13.4. The van der Waals surface area contributed by atoms with Crippen LogP contribution in [0, 0.1) is 0 Å². The van der Waals surface area contributed by atoms with E-state index < -0.39 is 56.6 Å². The van der Waals surface area contributed by atoms with Crippen molar-refractivity contribution >= 4 is 32.7 Å². The highest BCUT2D eigenvalue weighted by Crippen LogP contribution is 2.35. The Balaban J connectivity index is 1.45. The Kier molecular flexibility index (Phi) is 7.21. The Morgan fingerprint density at radius 1 is 1.27 bits per heavy atom. The molecular formula is C24H27F3N4O5S. The second-order valence-corrected chi connectivity index (χ2v) is 11.4. The van der Waals surface area contributed by atoms with E-state index in [1.165, 1.54) is 19.1 Å². The summed E-state index contributed by atoms with van der Waals surface area (Å²) in [7, 11) is -3.82. The van der Waals surface area contributed by atoms with Crippen LogP contribution in [0.1, 0.15) is 38.3 Å². The molecular weight excluding hydrogens is 513 g/mol. The summed E-state index contributed by atoms with van der Waals surface area (Å²) >= 11 is 0. The van der Waals surface area contributed by atoms with Gasteiger partial charge in [-0.05, 0) is 38.3 Å². The zero-order valence-electron chi connectivity index (χ0n) is 20.0. The number of nitrogens with zero attached hydrogens (tertiary/aromatic N) is 1. The van der Waals surface area contributed by atoms with Crippen molar-refractivity contribution in [2.24, 2.45) is 0 Å². The van der Waals surface area contributed by atoms with E-state index in [0.29, 0.717) is 18.2 Å². The summed E-state index contributed by atoms with van der Waals surface area (Å²) in [5, 5.41) is 5.33. The molecule has 1 aliphatic heterocycles. The van der Waals surface area contributed by atoms with E-state index in [-0.39, 0.29) is 30.7 Å². The summed E-state index contributed by atoms with van der Waals surface area (Å²) in [5.74, 6) is -1.46. The molecule has 9 nitrogen and oxygen atoms in total. The van der Waals surface area contributed by atoms with Gasteiger partial charge in [0.25, 0.3) is 5.91 Å². The molecule has 1 aromatic carbocycles. The number of carbonyl (C=O) groups is 2. The number of hydrogen-bond acceptors (Lipinski definition) is 7. The van der Waals surface area contributed by atoms with Gasteiger partial charge in [-0.2, -0.15) is 13.2 Å². The van der Waals surface area contributed by atoms with E-state index in [1.54, 1.807) is 18.2 Å². The van der Waals surface area contributed by atoms with Crippen LogP contribution in [0.4, 0.5) is 13.2 Å². The Hall–Kier alpha value is -3.19. The predicted molar refractivity (Wildman–Crippen MR) is 129 cm³/mol. The lowest BCUT2D eigenvalue weighted by Gasteiger charge is -2.29. The van der Waals surface area contributed by atoms with E-state index >= 15 is 0 Å². The topological polar surface area (TPSA) is 126 Å². The van der Waals surface area contributed by atoms with Crippen LogP contribution in [0.3, 0.4) is 0 Å². The van der Waals surface area contributed by atoms with Gasteiger partial charge in [0.1, 0.15) is 23.1 Å². The summed E-state index contributed by atoms with van der Waals surface area (Å²) in [6, 6.07) is 6.29. The maximum atomic E-state index is 13.4. The van der Waals surface area contributed by atoms with Crippen molar-refractivity contribution in [3.05, 3.63) is 48.7 Å². The van der Waals surface area contributed by atoms with E-state index in [9.17, 15) is 31.2 Å². The SMILES string of the molecule is C=CC[C@@](C)(NC(=O)[C@@H]1C[C@@H](Oc2cc(C(F)(F)F)nc3ccccc23)CN1)C(=O)NS(=O)(=O)C1CC1. The lowest BCUT2D eigenvalue weighted by Crippen LogP contribution is -2.60. The van der Waals surface area contributed by atoms with Gasteiger partial charge in [0.15, 0.2) is 0 Å². The maximum Gasteiger partial charge on any atom is 0.433 e. The number of rotatable bonds is 9. The molecule has 0 unspecified atom stereocenters. The molecule has 2 heterocycles. The molecule has 37 heavy (non-hydrogen) atoms. The average molecular weight is 541 g/mol. The zero-order valence-corrected chi connectivity index (χ0v) is 20.8. The molecule has 200 valence electrons. The number of sulfonamides is 1. The number of aromatic nitrogens is 1. The number of amides is 2. The number of fused-ring (bicyclic) bond motifs is 1. The van der Waals surface area contributed by atoms with Crippen molar-refractivity contribution in [3.8, 4) is 5.75 Å². The Morgan fingerprint density at radius 3 is 2.62 bits per heavy atom. The van der Waals surface area contributed by atoms with Crippen molar-refractivity contribution in [1.82, 2.24) is 20.3 Å². The summed E-state index contributed by atoms with van der Waals surface area (Å²) in [4.78, 5) is 29.5. The number of hydrogen-bond donors (Lipinski definition) is 3. The van der Waals surface area contributed by atoms with Gasteiger partial charge < -0.3 is 15.4 Å². The van der Waals surface area contributed by atoms with Crippen molar-refractivity contribution < 1.29 is 35.9 Å². The van der Waals surface area contributed by atoms with Gasteiger partial charge in [0, 0.05) is 24.4 Å². The van der Waals surface area contributed by atoms with Gasteiger partial charge in [0.2, 0.25) is 15.9 Å². The lowest BCUT2D eigenvalue weighted by molar-refractivity contribution is -0.141. The largest absolute Gasteiger partial charge is 0.488 e. The Labute approximate surface area is 211 Å². The number of nitrogens with one attached hydrogen (secondary N) is 3. The van der Waals surface area contributed by atoms with Crippen LogP contribution >= 0.6 is 0 Å². The third kappa shape index (κ3) is 6.04. The smallest absolute Gasteiger partial charge is 0.433 e. The highest BCUT2D eigenvalue weighted by atomic mass is 32.2. The molecule has 3 atom stereocenters. The summed E-state index contributed by atoms with van der Waals surface area (Å²) in [6.07, 6.45) is -2.89. The zero-order chi connectivity index (χ0) is 27.0. The number of pyridine rings is 1. The molecule has 2 aromatic rings. The molecule has 4 rings (SSSR count). The fourth-order valence-electron chi connectivity index (χ4n) is 4.11. The van der Waals surface area contributed by atoms with Crippen LogP contribution in [0.2, 0.25) is 0 Å². The molecule has 0 radical (unpaired) electrons. The number of carbonyl (C=O) groups excluding carboxylic acids is 2. The van der Waals surface area contributed by atoms with Crippen LogP contribution in [-0.2, 0) is 25.8 Å². The molecule has 1 saturated heterocycles. The van der Waals surface area contributed by atoms with E-state index in [4.69, 9.17) is 4.74 Å². The van der Waals surface area contributed by atoms with Gasteiger partial charge in [-0.25, -0.2) is 13.4 Å². The number of para-hydroxylation sites is 1. The summed E-state index contributed by atoms with van der Waals surface area (Å²) in [5.41, 5.74) is -2.54. The predicted octanol–water partition coefficient (Wildman–Crippen LogP) is 2.42. The minimum absolute atomic E-state index is 0.00746. The first-order valence-electron chi connectivity index (χ1n) is 11.7. The van der Waals surface area contributed by atoms with E-state index in [2.05, 4.69) is 22.2 Å². The molecule has 0 spiro atoms. The van der Waals surface area contributed by atoms with Crippen LogP contribution in [0.5, 0.6) is 5.75 Å². The van der Waals surface area contributed by atoms with Crippen LogP contribution in [-0.4, -0.2) is 54.7 Å². The first kappa shape index (κ1) is 26.9. The first-order valence-corrected chi connectivity index (χ1v) is 13.2. The second kappa shape index (κ2) is 9.93. The van der Waals surface area contributed by atoms with Crippen molar-refractivity contribution in [2.45, 2.75) is 61.7 Å².